The van der Waals surface area contributed by atoms with Crippen LogP contribution in [-0.4, -0.2) is 28.2 Å². The standard InChI is InChI=1S/C24H32N2O3S/c1-3-16(2)22(30)15-19(13-17-7-5-4-6-8-17)24(29)26-21(23(25)28)14-18-9-11-20(27)12-10-18/h4-12,16,19,21-22,27,30H,3,13-15H2,1-2H3,(H2,25,28)(H,26,29). The van der Waals surface area contributed by atoms with Crippen LogP contribution in [0.4, 0.5) is 0 Å². The van der Waals surface area contributed by atoms with Crippen LogP contribution in [0.3, 0.4) is 0 Å². The second kappa shape index (κ2) is 11.6. The Morgan fingerprint density at radius 3 is 2.20 bits per heavy atom. The van der Waals surface area contributed by atoms with Gasteiger partial charge in [-0.2, -0.15) is 12.6 Å². The maximum Gasteiger partial charge on any atom is 0.240 e. The quantitative estimate of drug-likeness (QED) is 0.413. The maximum atomic E-state index is 13.2. The van der Waals surface area contributed by atoms with E-state index in [1.54, 1.807) is 24.3 Å². The molecule has 0 aliphatic heterocycles. The SMILES string of the molecule is CCC(C)C(S)CC(Cc1ccccc1)C(=O)NC(Cc1ccc(O)cc1)C(N)=O. The smallest absolute Gasteiger partial charge is 0.240 e. The fraction of sp³-hybridized carbons (Fsp3) is 0.417. The van der Waals surface area contributed by atoms with Crippen molar-refractivity contribution in [2.24, 2.45) is 17.6 Å². The van der Waals surface area contributed by atoms with Crippen LogP contribution in [0.2, 0.25) is 0 Å². The number of phenols is 1. The normalized spacial score (nSPS) is 15.0. The number of aromatic hydroxyl groups is 1. The average molecular weight is 429 g/mol. The zero-order valence-corrected chi connectivity index (χ0v) is 18.5. The number of primary amides is 1. The number of phenolic OH excluding ortho intramolecular Hbond substituents is 1. The molecule has 30 heavy (non-hydrogen) atoms. The van der Waals surface area contributed by atoms with Crippen molar-refractivity contribution >= 4 is 24.4 Å². The molecule has 0 radical (unpaired) electrons. The predicted molar refractivity (Wildman–Crippen MR) is 123 cm³/mol. The molecule has 6 heteroatoms. The Balaban J connectivity index is 2.14. The van der Waals surface area contributed by atoms with Crippen LogP contribution < -0.4 is 11.1 Å². The van der Waals surface area contributed by atoms with Gasteiger partial charge in [0, 0.05) is 17.6 Å². The van der Waals surface area contributed by atoms with Crippen LogP contribution in [0, 0.1) is 11.8 Å². The molecule has 162 valence electrons. The van der Waals surface area contributed by atoms with Crippen LogP contribution in [0.15, 0.2) is 54.6 Å². The van der Waals surface area contributed by atoms with E-state index in [1.165, 1.54) is 0 Å². The Bertz CT molecular complexity index is 811. The fourth-order valence-electron chi connectivity index (χ4n) is 3.36. The van der Waals surface area contributed by atoms with Gasteiger partial charge in [0.15, 0.2) is 0 Å². The molecule has 0 aliphatic rings. The number of benzene rings is 2. The van der Waals surface area contributed by atoms with E-state index in [2.05, 4.69) is 19.2 Å². The van der Waals surface area contributed by atoms with E-state index in [1.807, 2.05) is 30.3 Å². The zero-order valence-electron chi connectivity index (χ0n) is 17.6. The van der Waals surface area contributed by atoms with E-state index < -0.39 is 11.9 Å². The van der Waals surface area contributed by atoms with Crippen molar-refractivity contribution in [2.45, 2.75) is 50.8 Å². The van der Waals surface area contributed by atoms with Gasteiger partial charge in [0.1, 0.15) is 11.8 Å². The average Bonchev–Trinajstić information content (AvgIpc) is 2.74. The van der Waals surface area contributed by atoms with Gasteiger partial charge in [-0.1, -0.05) is 62.7 Å². The molecule has 4 unspecified atom stereocenters. The van der Waals surface area contributed by atoms with Crippen molar-refractivity contribution in [3.05, 3.63) is 65.7 Å². The van der Waals surface area contributed by atoms with Crippen LogP contribution in [0.1, 0.15) is 37.8 Å². The topological polar surface area (TPSA) is 92.4 Å². The molecule has 2 amide bonds. The third-order valence-corrected chi connectivity index (χ3v) is 6.28. The molecule has 2 aromatic rings. The van der Waals surface area contributed by atoms with Crippen LogP contribution in [0.25, 0.3) is 0 Å². The van der Waals surface area contributed by atoms with Crippen LogP contribution in [-0.2, 0) is 22.4 Å². The summed E-state index contributed by atoms with van der Waals surface area (Å²) in [6.45, 7) is 4.24. The van der Waals surface area contributed by atoms with Crippen molar-refractivity contribution in [3.63, 3.8) is 0 Å². The molecule has 4 atom stereocenters. The first-order valence-electron chi connectivity index (χ1n) is 10.4. The molecular formula is C24H32N2O3S. The van der Waals surface area contributed by atoms with Gasteiger partial charge in [-0.15, -0.1) is 0 Å². The number of carbonyl (C=O) groups is 2. The second-order valence-electron chi connectivity index (χ2n) is 7.91. The molecule has 4 N–H and O–H groups in total. The highest BCUT2D eigenvalue weighted by Crippen LogP contribution is 2.24. The highest BCUT2D eigenvalue weighted by Gasteiger charge is 2.27. The van der Waals surface area contributed by atoms with Gasteiger partial charge in [-0.05, 0) is 42.0 Å². The Hall–Kier alpha value is -2.47. The zero-order chi connectivity index (χ0) is 22.1. The predicted octanol–water partition coefficient (Wildman–Crippen LogP) is 3.50. The van der Waals surface area contributed by atoms with Crippen LogP contribution in [0.5, 0.6) is 5.75 Å². The van der Waals surface area contributed by atoms with Gasteiger partial charge in [-0.25, -0.2) is 0 Å². The van der Waals surface area contributed by atoms with E-state index >= 15 is 0 Å². The summed E-state index contributed by atoms with van der Waals surface area (Å²) in [7, 11) is 0. The number of hydrogen-bond donors (Lipinski definition) is 4. The Morgan fingerprint density at radius 2 is 1.63 bits per heavy atom. The monoisotopic (exact) mass is 428 g/mol. The molecule has 0 saturated carbocycles. The first-order valence-corrected chi connectivity index (χ1v) is 10.9. The van der Waals surface area contributed by atoms with E-state index in [0.29, 0.717) is 18.8 Å². The molecule has 0 bridgehead atoms. The van der Waals surface area contributed by atoms with E-state index in [4.69, 9.17) is 18.4 Å². The van der Waals surface area contributed by atoms with E-state index in [0.717, 1.165) is 17.5 Å². The number of nitrogens with one attached hydrogen (secondary N) is 1. The molecular weight excluding hydrogens is 396 g/mol. The maximum absolute atomic E-state index is 13.2. The van der Waals surface area contributed by atoms with Crippen molar-refractivity contribution in [1.82, 2.24) is 5.32 Å². The molecule has 2 rings (SSSR count). The molecule has 0 heterocycles. The molecule has 0 saturated heterocycles. The molecule has 0 aliphatic carbocycles. The molecule has 5 nitrogen and oxygen atoms in total. The summed E-state index contributed by atoms with van der Waals surface area (Å²) in [5.41, 5.74) is 7.44. The van der Waals surface area contributed by atoms with Gasteiger partial charge in [0.25, 0.3) is 0 Å². The third kappa shape index (κ3) is 7.41. The Morgan fingerprint density at radius 1 is 1.03 bits per heavy atom. The first-order chi connectivity index (χ1) is 14.3. The molecule has 0 fully saturated rings. The van der Waals surface area contributed by atoms with E-state index in [-0.39, 0.29) is 29.2 Å². The fourth-order valence-corrected chi connectivity index (χ4v) is 3.82. The second-order valence-corrected chi connectivity index (χ2v) is 8.57. The summed E-state index contributed by atoms with van der Waals surface area (Å²) in [5, 5.41) is 12.4. The number of carbonyl (C=O) groups excluding carboxylic acids is 2. The number of amides is 2. The molecule has 2 aromatic carbocycles. The van der Waals surface area contributed by atoms with Gasteiger partial charge in [-0.3, -0.25) is 9.59 Å². The van der Waals surface area contributed by atoms with Crippen molar-refractivity contribution in [2.75, 3.05) is 0 Å². The number of hydrogen-bond acceptors (Lipinski definition) is 4. The minimum Gasteiger partial charge on any atom is -0.508 e. The van der Waals surface area contributed by atoms with Crippen molar-refractivity contribution in [3.8, 4) is 5.75 Å². The number of thiol groups is 1. The van der Waals surface area contributed by atoms with Gasteiger partial charge in [0.2, 0.25) is 11.8 Å². The van der Waals surface area contributed by atoms with Gasteiger partial charge >= 0.3 is 0 Å². The highest BCUT2D eigenvalue weighted by molar-refractivity contribution is 7.81. The van der Waals surface area contributed by atoms with Crippen molar-refractivity contribution in [1.29, 1.82) is 0 Å². The molecule has 0 aromatic heterocycles. The minimum atomic E-state index is -0.817. The van der Waals surface area contributed by atoms with Gasteiger partial charge < -0.3 is 16.2 Å². The van der Waals surface area contributed by atoms with Gasteiger partial charge in [0.05, 0.1) is 0 Å². The Kier molecular flexibility index (Phi) is 9.24. The van der Waals surface area contributed by atoms with Crippen molar-refractivity contribution < 1.29 is 14.7 Å². The summed E-state index contributed by atoms with van der Waals surface area (Å²) < 4.78 is 0. The number of nitrogens with two attached hydrogens (primary N) is 1. The van der Waals surface area contributed by atoms with Crippen LogP contribution >= 0.6 is 12.6 Å². The summed E-state index contributed by atoms with van der Waals surface area (Å²) >= 11 is 4.73. The Labute approximate surface area is 184 Å². The summed E-state index contributed by atoms with van der Waals surface area (Å²) in [5.74, 6) is -0.567. The summed E-state index contributed by atoms with van der Waals surface area (Å²) in [4.78, 5) is 25.2. The molecule has 0 spiro atoms. The minimum absolute atomic E-state index is 0.0820. The number of rotatable bonds is 11. The van der Waals surface area contributed by atoms with E-state index in [9.17, 15) is 14.7 Å². The highest BCUT2D eigenvalue weighted by atomic mass is 32.1. The third-order valence-electron chi connectivity index (χ3n) is 5.56. The lowest BCUT2D eigenvalue weighted by Gasteiger charge is -2.25. The summed E-state index contributed by atoms with van der Waals surface area (Å²) in [6, 6.07) is 15.6. The first kappa shape index (κ1) is 23.8. The lowest BCUT2D eigenvalue weighted by atomic mass is 9.89. The lowest BCUT2D eigenvalue weighted by molar-refractivity contribution is -0.130. The largest absolute Gasteiger partial charge is 0.508 e. The lowest BCUT2D eigenvalue weighted by Crippen LogP contribution is -2.48. The summed E-state index contributed by atoms with van der Waals surface area (Å²) in [6.07, 6.45) is 2.45.